The molecular weight excluding hydrogens is 419 g/mol. The minimum absolute atomic E-state index is 0. The normalized spacial score (nSPS) is 10.5. The van der Waals surface area contributed by atoms with Crippen molar-refractivity contribution in [2.75, 3.05) is 0 Å². The third-order valence-corrected chi connectivity index (χ3v) is 0. The topological polar surface area (TPSA) is 161 Å². The van der Waals surface area contributed by atoms with Crippen molar-refractivity contribution in [1.82, 2.24) is 0 Å². The first-order valence-electron chi connectivity index (χ1n) is 1.33. The molecule has 0 saturated carbocycles. The smallest absolute Gasteiger partial charge is 4.00 e. The van der Waals surface area contributed by atoms with E-state index in [0.717, 1.165) is 0 Å². The summed E-state index contributed by atoms with van der Waals surface area (Å²) in [5.74, 6) is 0. The Bertz CT molecular complexity index is 210. The molecule has 0 saturated heterocycles. The summed E-state index contributed by atoms with van der Waals surface area (Å²) in [5.41, 5.74) is 0. The van der Waals surface area contributed by atoms with Gasteiger partial charge in [0.25, 0.3) is 0 Å². The average molecular weight is 419 g/mol. The van der Waals surface area contributed by atoms with Crippen LogP contribution in [0.4, 0.5) is 0 Å². The zero-order valence-electron chi connectivity index (χ0n) is 4.58. The van der Waals surface area contributed by atoms with Gasteiger partial charge < -0.3 is 9.11 Å². The molecule has 0 aliphatic heterocycles. The van der Waals surface area contributed by atoms with Crippen molar-refractivity contribution in [3.63, 3.8) is 0 Å². The molecule has 0 rings (SSSR count). The molecule has 0 spiro atoms. The predicted molar refractivity (Wildman–Crippen MR) is 17.6 cm³/mol. The van der Waals surface area contributed by atoms with Crippen LogP contribution in [-0.2, 0) is 31.6 Å². The van der Waals surface area contributed by atoms with E-state index in [2.05, 4.69) is 0 Å². The zero-order chi connectivity index (χ0) is 9.00. The first-order chi connectivity index (χ1) is 4.00. The molecule has 0 aromatic heterocycles. The number of hydrogen-bond acceptors (Lipinski definition) is 8. The van der Waals surface area contributed by atoms with Crippen molar-refractivity contribution in [2.24, 2.45) is 0 Å². The largest absolute Gasteiger partial charge is 4.00 e. The molecule has 0 atom stereocenters. The van der Waals surface area contributed by atoms with E-state index < -0.39 is 24.0 Å². The molecule has 0 N–H and O–H groups in total. The van der Waals surface area contributed by atoms with Gasteiger partial charge in [-0.15, -0.1) is 0 Å². The van der Waals surface area contributed by atoms with E-state index in [-0.39, 0.29) is 27.3 Å². The summed E-state index contributed by atoms with van der Waals surface area (Å²) in [6.45, 7) is 0. The minimum Gasteiger partial charge on any atom is 4.00 e. The summed E-state index contributed by atoms with van der Waals surface area (Å²) in [6.07, 6.45) is 0. The molecule has 0 fully saturated rings. The fourth-order valence-corrected chi connectivity index (χ4v) is 0. The van der Waals surface area contributed by atoms with Crippen molar-refractivity contribution >= 4 is 37.7 Å². The third-order valence-electron chi connectivity index (χ3n) is 0. The van der Waals surface area contributed by atoms with Crippen LogP contribution in [0.5, 0.6) is 0 Å². The predicted octanol–water partition coefficient (Wildman–Crippen LogP) is -4.34. The molecule has 0 aliphatic carbocycles. The average Bonchev–Trinajstić information content (AvgIpc) is 1.12. The van der Waals surface area contributed by atoms with Gasteiger partial charge in [-0.1, -0.05) is 0 Å². The van der Waals surface area contributed by atoms with Crippen molar-refractivity contribution in [1.29, 1.82) is 0 Å². The standard InChI is InChI=1S/Cr.H2O4S.4O.Pb/c;1-5(2,3)4;;;;;/h;(H2,1,2,3,4);;;;;/q;;;;2*-1;+4/p-2. The summed E-state index contributed by atoms with van der Waals surface area (Å²) in [5, 5.41) is 0. The number of rotatable bonds is 0. The quantitative estimate of drug-likeness (QED) is 0.216. The molecule has 0 aromatic rings. The maximum absolute atomic E-state index is 8.59. The molecule has 0 heterocycles. The first kappa shape index (κ1) is 17.8. The van der Waals surface area contributed by atoms with Crippen LogP contribution in [-0.4, -0.2) is 44.8 Å². The fourth-order valence-electron chi connectivity index (χ4n) is 0. The van der Waals surface area contributed by atoms with Gasteiger partial charge in [0.05, 0.1) is 0 Å². The summed E-state index contributed by atoms with van der Waals surface area (Å²) in [4.78, 5) is 0. The molecule has 0 radical (unpaired) electrons. The SMILES string of the molecule is O=S(=O)([O-])[O-].[O]=[Cr](=[O])([O-])[O-].[Pb+4]. The van der Waals surface area contributed by atoms with Crippen LogP contribution < -0.4 is 8.32 Å². The van der Waals surface area contributed by atoms with Gasteiger partial charge >= 0.3 is 56.8 Å². The van der Waals surface area contributed by atoms with Crippen molar-refractivity contribution in [3.05, 3.63) is 0 Å². The van der Waals surface area contributed by atoms with Crippen LogP contribution in [0, 0.1) is 0 Å². The van der Waals surface area contributed by atoms with Crippen LogP contribution in [0.25, 0.3) is 0 Å². The van der Waals surface area contributed by atoms with Crippen LogP contribution in [0.3, 0.4) is 0 Å². The van der Waals surface area contributed by atoms with Gasteiger partial charge in [-0.25, -0.2) is 0 Å². The molecule has 0 aromatic carbocycles. The Morgan fingerprint density at radius 1 is 1.00 bits per heavy atom. The van der Waals surface area contributed by atoms with Gasteiger partial charge in [-0.3, -0.25) is 8.42 Å². The van der Waals surface area contributed by atoms with Gasteiger partial charge in [-0.05, 0) is 0 Å². The van der Waals surface area contributed by atoms with Crippen LogP contribution >= 0.6 is 0 Å². The van der Waals surface area contributed by atoms with E-state index in [1.54, 1.807) is 0 Å². The molecular formula is CrO8PbS. The van der Waals surface area contributed by atoms with E-state index in [0.29, 0.717) is 0 Å². The summed E-state index contributed by atoms with van der Waals surface area (Å²) < 4.78 is 68.5. The van der Waals surface area contributed by atoms with E-state index in [4.69, 9.17) is 33.4 Å². The summed E-state index contributed by atoms with van der Waals surface area (Å²) in [6, 6.07) is 0. The van der Waals surface area contributed by atoms with Crippen LogP contribution in [0.2, 0.25) is 0 Å². The third kappa shape index (κ3) is 1190. The van der Waals surface area contributed by atoms with Crippen molar-refractivity contribution in [2.45, 2.75) is 0 Å². The van der Waals surface area contributed by atoms with Gasteiger partial charge in [0.15, 0.2) is 0 Å². The molecule has 8 nitrogen and oxygen atoms in total. The Hall–Kier alpha value is 0.845. The molecule has 64 valence electrons. The molecule has 0 aliphatic rings. The Kier molecular flexibility index (Phi) is 10.3. The monoisotopic (exact) mass is 420 g/mol. The second-order valence-electron chi connectivity index (χ2n) is 0.816. The summed E-state index contributed by atoms with van der Waals surface area (Å²) in [7, 11) is -5.17. The molecule has 0 amide bonds. The zero-order valence-corrected chi connectivity index (χ0v) is 10.6. The molecule has 11 heteroatoms. The van der Waals surface area contributed by atoms with E-state index in [1.807, 2.05) is 0 Å². The second kappa shape index (κ2) is 6.37. The molecule has 0 unspecified atom stereocenters. The Labute approximate surface area is 84.4 Å². The van der Waals surface area contributed by atoms with Crippen molar-refractivity contribution < 1.29 is 47.1 Å². The Morgan fingerprint density at radius 3 is 1.00 bits per heavy atom. The maximum Gasteiger partial charge on any atom is 4.00 e. The van der Waals surface area contributed by atoms with E-state index >= 15 is 0 Å². The van der Waals surface area contributed by atoms with E-state index in [1.165, 1.54) is 0 Å². The number of hydrogen-bond donors (Lipinski definition) is 0. The fraction of sp³-hybridized carbons (Fsp3) is 0. The first-order valence-corrected chi connectivity index (χ1v) is 4.75. The summed E-state index contributed by atoms with van der Waals surface area (Å²) >= 11 is -5.75. The van der Waals surface area contributed by atoms with E-state index in [9.17, 15) is 0 Å². The molecule has 0 bridgehead atoms. The maximum atomic E-state index is 8.59. The molecule has 11 heavy (non-hydrogen) atoms. The van der Waals surface area contributed by atoms with Crippen LogP contribution in [0.15, 0.2) is 0 Å². The van der Waals surface area contributed by atoms with Crippen LogP contribution in [0.1, 0.15) is 0 Å². The Balaban J connectivity index is -0.000000107. The minimum atomic E-state index is -5.75. The van der Waals surface area contributed by atoms with Gasteiger partial charge in [0, 0.05) is 10.4 Å². The van der Waals surface area contributed by atoms with Gasteiger partial charge in [0.2, 0.25) is 0 Å². The van der Waals surface area contributed by atoms with Gasteiger partial charge in [0.1, 0.15) is 0 Å². The second-order valence-corrected chi connectivity index (χ2v) is 2.91. The van der Waals surface area contributed by atoms with Gasteiger partial charge in [-0.2, -0.15) is 0 Å². The Morgan fingerprint density at radius 2 is 1.00 bits per heavy atom. The van der Waals surface area contributed by atoms with Crippen molar-refractivity contribution in [3.8, 4) is 0 Å².